The Morgan fingerprint density at radius 2 is 2.14 bits per heavy atom. The van der Waals surface area contributed by atoms with Crippen molar-refractivity contribution in [2.24, 2.45) is 5.73 Å². The third-order valence-corrected chi connectivity index (χ3v) is 1.37. The van der Waals surface area contributed by atoms with Crippen molar-refractivity contribution in [2.75, 3.05) is 26.4 Å². The Hall–Kier alpha value is -1.14. The van der Waals surface area contributed by atoms with E-state index in [2.05, 4.69) is 5.32 Å². The van der Waals surface area contributed by atoms with Crippen molar-refractivity contribution in [3.63, 3.8) is 0 Å². The molecule has 0 spiro atoms. The van der Waals surface area contributed by atoms with Crippen molar-refractivity contribution in [1.29, 1.82) is 0 Å². The van der Waals surface area contributed by atoms with Crippen LogP contribution in [0.3, 0.4) is 0 Å². The maximum absolute atomic E-state index is 10.9. The molecule has 0 rings (SSSR count). The van der Waals surface area contributed by atoms with E-state index in [-0.39, 0.29) is 25.7 Å². The Morgan fingerprint density at radius 1 is 1.43 bits per heavy atom. The van der Waals surface area contributed by atoms with Gasteiger partial charge in [-0.3, -0.25) is 9.59 Å². The highest BCUT2D eigenvalue weighted by Gasteiger charge is 1.99. The first kappa shape index (κ1) is 12.9. The highest BCUT2D eigenvalue weighted by molar-refractivity contribution is 5.76. The molecule has 0 fully saturated rings. The average Bonchev–Trinajstić information content (AvgIpc) is 2.13. The van der Waals surface area contributed by atoms with Gasteiger partial charge in [-0.2, -0.15) is 0 Å². The van der Waals surface area contributed by atoms with Crippen LogP contribution in [0.2, 0.25) is 0 Å². The highest BCUT2D eigenvalue weighted by Crippen LogP contribution is 1.85. The van der Waals surface area contributed by atoms with Gasteiger partial charge in [-0.05, 0) is 6.42 Å². The van der Waals surface area contributed by atoms with E-state index < -0.39 is 5.91 Å². The molecule has 0 aliphatic rings. The Bertz CT molecular complexity index is 184. The number of carbonyl (C=O) groups is 2. The maximum atomic E-state index is 10.9. The van der Waals surface area contributed by atoms with Gasteiger partial charge in [0.2, 0.25) is 11.8 Å². The van der Waals surface area contributed by atoms with E-state index in [4.69, 9.17) is 15.6 Å². The second kappa shape index (κ2) is 8.46. The van der Waals surface area contributed by atoms with E-state index in [9.17, 15) is 9.59 Å². The minimum Gasteiger partial charge on any atom is -0.396 e. The lowest BCUT2D eigenvalue weighted by Gasteiger charge is -2.04. The fourth-order valence-corrected chi connectivity index (χ4v) is 0.763. The van der Waals surface area contributed by atoms with Crippen LogP contribution in [0.1, 0.15) is 12.8 Å². The summed E-state index contributed by atoms with van der Waals surface area (Å²) in [7, 11) is 0. The van der Waals surface area contributed by atoms with Gasteiger partial charge in [0.15, 0.2) is 0 Å². The van der Waals surface area contributed by atoms with Gasteiger partial charge in [0.25, 0.3) is 0 Å². The van der Waals surface area contributed by atoms with Crippen LogP contribution in [0.15, 0.2) is 0 Å². The molecule has 2 amide bonds. The Morgan fingerprint density at radius 3 is 2.71 bits per heavy atom. The summed E-state index contributed by atoms with van der Waals surface area (Å²) in [6.07, 6.45) is 0.750. The molecule has 6 nitrogen and oxygen atoms in total. The zero-order valence-electron chi connectivity index (χ0n) is 7.99. The Labute approximate surface area is 82.4 Å². The minimum absolute atomic E-state index is 0.00555. The van der Waals surface area contributed by atoms with Gasteiger partial charge < -0.3 is 20.9 Å². The molecular formula is C8H16N2O4. The third-order valence-electron chi connectivity index (χ3n) is 1.37. The van der Waals surface area contributed by atoms with Crippen molar-refractivity contribution in [1.82, 2.24) is 5.32 Å². The van der Waals surface area contributed by atoms with E-state index >= 15 is 0 Å². The average molecular weight is 204 g/mol. The number of nitrogens with one attached hydrogen (secondary N) is 1. The molecule has 0 aromatic rings. The standard InChI is InChI=1S/C8H16N2O4/c9-7(12)6-14-5-3-10-8(13)2-1-4-11/h11H,1-6H2,(H2,9,12)(H,10,13). The van der Waals surface area contributed by atoms with Gasteiger partial charge in [0.1, 0.15) is 6.61 Å². The summed E-state index contributed by atoms with van der Waals surface area (Å²) < 4.78 is 4.81. The quantitative estimate of drug-likeness (QED) is 0.413. The summed E-state index contributed by atoms with van der Waals surface area (Å²) in [4.78, 5) is 21.1. The molecular weight excluding hydrogens is 188 g/mol. The van der Waals surface area contributed by atoms with E-state index in [1.54, 1.807) is 0 Å². The van der Waals surface area contributed by atoms with E-state index in [0.29, 0.717) is 19.4 Å². The van der Waals surface area contributed by atoms with Crippen LogP contribution >= 0.6 is 0 Å². The first-order valence-electron chi connectivity index (χ1n) is 4.40. The predicted octanol–water partition coefficient (Wildman–Crippen LogP) is -1.62. The molecule has 0 aliphatic heterocycles. The molecule has 0 heterocycles. The molecule has 0 atom stereocenters. The lowest BCUT2D eigenvalue weighted by molar-refractivity contribution is -0.122. The zero-order chi connectivity index (χ0) is 10.8. The van der Waals surface area contributed by atoms with Crippen LogP contribution in [0.5, 0.6) is 0 Å². The van der Waals surface area contributed by atoms with E-state index in [1.165, 1.54) is 0 Å². The number of rotatable bonds is 8. The Kier molecular flexibility index (Phi) is 7.77. The van der Waals surface area contributed by atoms with Crippen LogP contribution in [0.25, 0.3) is 0 Å². The topological polar surface area (TPSA) is 102 Å². The fourth-order valence-electron chi connectivity index (χ4n) is 0.763. The predicted molar refractivity (Wildman–Crippen MR) is 49.3 cm³/mol. The molecule has 0 aliphatic carbocycles. The summed E-state index contributed by atoms with van der Waals surface area (Å²) in [5.41, 5.74) is 4.82. The fraction of sp³-hybridized carbons (Fsp3) is 0.750. The van der Waals surface area contributed by atoms with Crippen LogP contribution in [-0.4, -0.2) is 43.3 Å². The van der Waals surface area contributed by atoms with Gasteiger partial charge in [-0.15, -0.1) is 0 Å². The number of aliphatic hydroxyl groups is 1. The van der Waals surface area contributed by atoms with E-state index in [0.717, 1.165) is 0 Å². The van der Waals surface area contributed by atoms with Crippen LogP contribution in [-0.2, 0) is 14.3 Å². The lowest BCUT2D eigenvalue weighted by Crippen LogP contribution is -2.28. The van der Waals surface area contributed by atoms with Crippen molar-refractivity contribution >= 4 is 11.8 Å². The monoisotopic (exact) mass is 204 g/mol. The molecule has 6 heteroatoms. The van der Waals surface area contributed by atoms with E-state index in [1.807, 2.05) is 0 Å². The number of aliphatic hydroxyl groups excluding tert-OH is 1. The molecule has 0 radical (unpaired) electrons. The van der Waals surface area contributed by atoms with Crippen LogP contribution < -0.4 is 11.1 Å². The molecule has 0 unspecified atom stereocenters. The molecule has 82 valence electrons. The van der Waals surface area contributed by atoms with Crippen molar-refractivity contribution in [3.05, 3.63) is 0 Å². The number of primary amides is 1. The first-order chi connectivity index (χ1) is 6.66. The maximum Gasteiger partial charge on any atom is 0.243 e. The minimum atomic E-state index is -0.531. The van der Waals surface area contributed by atoms with Gasteiger partial charge >= 0.3 is 0 Å². The molecule has 4 N–H and O–H groups in total. The highest BCUT2D eigenvalue weighted by atomic mass is 16.5. The summed E-state index contributed by atoms with van der Waals surface area (Å²) in [6.45, 7) is 0.476. The normalized spacial score (nSPS) is 9.79. The third kappa shape index (κ3) is 8.95. The molecule has 0 saturated heterocycles. The molecule has 14 heavy (non-hydrogen) atoms. The summed E-state index contributed by atoms with van der Waals surface area (Å²) >= 11 is 0. The van der Waals surface area contributed by atoms with Gasteiger partial charge in [-0.1, -0.05) is 0 Å². The number of hydrogen-bond donors (Lipinski definition) is 3. The first-order valence-corrected chi connectivity index (χ1v) is 4.40. The molecule has 0 aromatic heterocycles. The number of amides is 2. The molecule has 0 aromatic carbocycles. The van der Waals surface area contributed by atoms with Crippen molar-refractivity contribution < 1.29 is 19.4 Å². The van der Waals surface area contributed by atoms with Crippen LogP contribution in [0.4, 0.5) is 0 Å². The number of nitrogens with two attached hydrogens (primary N) is 1. The second-order valence-corrected chi connectivity index (χ2v) is 2.70. The summed E-state index contributed by atoms with van der Waals surface area (Å²) in [5.74, 6) is -0.668. The molecule has 0 saturated carbocycles. The van der Waals surface area contributed by atoms with Crippen LogP contribution in [0, 0.1) is 0 Å². The number of carbonyl (C=O) groups excluding carboxylic acids is 2. The number of ether oxygens (including phenoxy) is 1. The number of hydrogen-bond acceptors (Lipinski definition) is 4. The van der Waals surface area contributed by atoms with Crippen molar-refractivity contribution in [3.8, 4) is 0 Å². The summed E-state index contributed by atoms with van der Waals surface area (Å²) in [5, 5.41) is 11.0. The molecule has 0 bridgehead atoms. The largest absolute Gasteiger partial charge is 0.396 e. The second-order valence-electron chi connectivity index (χ2n) is 2.70. The Balaban J connectivity index is 3.19. The lowest BCUT2D eigenvalue weighted by atomic mass is 10.3. The summed E-state index contributed by atoms with van der Waals surface area (Å²) in [6, 6.07) is 0. The van der Waals surface area contributed by atoms with Gasteiger partial charge in [0, 0.05) is 19.6 Å². The smallest absolute Gasteiger partial charge is 0.243 e. The zero-order valence-corrected chi connectivity index (χ0v) is 7.99. The van der Waals surface area contributed by atoms with Gasteiger partial charge in [0.05, 0.1) is 6.61 Å². The SMILES string of the molecule is NC(=O)COCCNC(=O)CCCO. The van der Waals surface area contributed by atoms with Crippen molar-refractivity contribution in [2.45, 2.75) is 12.8 Å². The van der Waals surface area contributed by atoms with Gasteiger partial charge in [-0.25, -0.2) is 0 Å².